The Hall–Kier alpha value is -1.48. The van der Waals surface area contributed by atoms with Crippen LogP contribution < -0.4 is 16.4 Å². The topological polar surface area (TPSA) is 114 Å². The minimum absolute atomic E-state index is 0.102. The van der Waals surface area contributed by atoms with Crippen molar-refractivity contribution in [3.05, 3.63) is 0 Å². The molecule has 32 heavy (non-hydrogen) atoms. The van der Waals surface area contributed by atoms with E-state index in [0.29, 0.717) is 31.3 Å². The van der Waals surface area contributed by atoms with Crippen LogP contribution in [-0.4, -0.2) is 71.6 Å². The summed E-state index contributed by atoms with van der Waals surface area (Å²) in [5.74, 6) is 1.43. The van der Waals surface area contributed by atoms with Crippen LogP contribution in [0.2, 0.25) is 0 Å². The maximum absolute atomic E-state index is 13.6. The number of alkyl carbamates (subject to hydrolysis) is 1. The third-order valence-electron chi connectivity index (χ3n) is 6.47. The van der Waals surface area contributed by atoms with E-state index >= 15 is 0 Å². The lowest BCUT2D eigenvalue weighted by molar-refractivity contribution is -0.140. The van der Waals surface area contributed by atoms with Crippen LogP contribution in [0.15, 0.2) is 0 Å². The number of carbonyl (C=O) groups is 3. The van der Waals surface area contributed by atoms with E-state index in [2.05, 4.69) is 24.5 Å². The number of rotatable bonds is 9. The standard InChI is InChI=1S/C23H42N4O4S/c1-15(2)14-32-23(3,4)19(26-22(30)31-5)21(29)27-12-6-7-18(27)20(28)25-13-16-8-10-17(24)11-9-16/h15-19H,6-14,24H2,1-5H3,(H,25,28)(H,26,30)/t16?,17?,18-,19-/m0/s1. The van der Waals surface area contributed by atoms with Gasteiger partial charge in [-0.25, -0.2) is 4.79 Å². The summed E-state index contributed by atoms with van der Waals surface area (Å²) in [4.78, 5) is 40.3. The van der Waals surface area contributed by atoms with E-state index in [-0.39, 0.29) is 17.9 Å². The molecule has 0 aromatic heterocycles. The van der Waals surface area contributed by atoms with Crippen molar-refractivity contribution in [3.63, 3.8) is 0 Å². The Bertz CT molecular complexity index is 650. The molecule has 0 spiro atoms. The second-order valence-electron chi connectivity index (χ2n) is 10.1. The number of nitrogens with zero attached hydrogens (tertiary/aromatic N) is 1. The summed E-state index contributed by atoms with van der Waals surface area (Å²) < 4.78 is 4.23. The molecule has 0 unspecified atom stereocenters. The normalized spacial score (nSPS) is 24.8. The van der Waals surface area contributed by atoms with Crippen molar-refractivity contribution in [2.75, 3.05) is 26.0 Å². The van der Waals surface area contributed by atoms with Gasteiger partial charge in [0.15, 0.2) is 0 Å². The average Bonchev–Trinajstić information content (AvgIpc) is 3.25. The molecule has 4 N–H and O–H groups in total. The second-order valence-corrected chi connectivity index (χ2v) is 11.8. The quantitative estimate of drug-likeness (QED) is 0.477. The summed E-state index contributed by atoms with van der Waals surface area (Å²) in [5, 5.41) is 5.81. The molecular formula is C23H42N4O4S. The summed E-state index contributed by atoms with van der Waals surface area (Å²) in [6, 6.07) is -1.01. The highest BCUT2D eigenvalue weighted by molar-refractivity contribution is 8.00. The summed E-state index contributed by atoms with van der Waals surface area (Å²) in [6.45, 7) is 9.29. The molecule has 0 radical (unpaired) electrons. The van der Waals surface area contributed by atoms with Crippen molar-refractivity contribution in [2.45, 2.75) is 89.1 Å². The Kier molecular flexibility index (Phi) is 10.1. The molecule has 184 valence electrons. The number of hydrogen-bond acceptors (Lipinski definition) is 6. The van der Waals surface area contributed by atoms with Crippen LogP contribution in [0.25, 0.3) is 0 Å². The Morgan fingerprint density at radius 3 is 2.41 bits per heavy atom. The molecule has 1 aliphatic carbocycles. The van der Waals surface area contributed by atoms with Crippen LogP contribution in [0.3, 0.4) is 0 Å². The highest BCUT2D eigenvalue weighted by atomic mass is 32.2. The monoisotopic (exact) mass is 470 g/mol. The first-order valence-electron chi connectivity index (χ1n) is 11.9. The molecule has 2 rings (SSSR count). The minimum Gasteiger partial charge on any atom is -0.453 e. The van der Waals surface area contributed by atoms with Crippen molar-refractivity contribution >= 4 is 29.7 Å². The van der Waals surface area contributed by atoms with Gasteiger partial charge in [0, 0.05) is 23.9 Å². The van der Waals surface area contributed by atoms with E-state index in [1.807, 2.05) is 13.8 Å². The number of amides is 3. The first-order valence-corrected chi connectivity index (χ1v) is 12.9. The van der Waals surface area contributed by atoms with E-state index in [1.165, 1.54) is 7.11 Å². The van der Waals surface area contributed by atoms with E-state index in [9.17, 15) is 14.4 Å². The fourth-order valence-electron chi connectivity index (χ4n) is 4.40. The lowest BCUT2D eigenvalue weighted by atomic mass is 9.86. The fourth-order valence-corrected chi connectivity index (χ4v) is 5.49. The Labute approximate surface area is 197 Å². The number of methoxy groups -OCH3 is 1. The van der Waals surface area contributed by atoms with Crippen LogP contribution in [-0.2, 0) is 14.3 Å². The predicted molar refractivity (Wildman–Crippen MR) is 128 cm³/mol. The minimum atomic E-state index is -0.785. The van der Waals surface area contributed by atoms with Crippen LogP contribution in [0.4, 0.5) is 4.79 Å². The summed E-state index contributed by atoms with van der Waals surface area (Å²) >= 11 is 1.64. The maximum Gasteiger partial charge on any atom is 0.407 e. The van der Waals surface area contributed by atoms with Gasteiger partial charge in [0.2, 0.25) is 11.8 Å². The molecule has 1 aliphatic heterocycles. The van der Waals surface area contributed by atoms with Gasteiger partial charge in [-0.05, 0) is 70.0 Å². The number of carbonyl (C=O) groups excluding carboxylic acids is 3. The molecule has 3 amide bonds. The molecule has 1 heterocycles. The van der Waals surface area contributed by atoms with Gasteiger partial charge in [-0.15, -0.1) is 0 Å². The molecule has 1 saturated heterocycles. The van der Waals surface area contributed by atoms with Gasteiger partial charge in [-0.1, -0.05) is 13.8 Å². The van der Waals surface area contributed by atoms with Gasteiger partial charge in [0.05, 0.1) is 7.11 Å². The molecule has 0 aromatic carbocycles. The fraction of sp³-hybridized carbons (Fsp3) is 0.870. The molecule has 2 aliphatic rings. The predicted octanol–water partition coefficient (Wildman–Crippen LogP) is 2.50. The number of likely N-dealkylation sites (tertiary alicyclic amines) is 1. The van der Waals surface area contributed by atoms with Gasteiger partial charge in [0.1, 0.15) is 12.1 Å². The second kappa shape index (κ2) is 12.1. The average molecular weight is 471 g/mol. The Morgan fingerprint density at radius 1 is 1.16 bits per heavy atom. The van der Waals surface area contributed by atoms with E-state index in [4.69, 9.17) is 10.5 Å². The van der Waals surface area contributed by atoms with Crippen molar-refractivity contribution in [1.82, 2.24) is 15.5 Å². The van der Waals surface area contributed by atoms with Crippen LogP contribution >= 0.6 is 11.8 Å². The van der Waals surface area contributed by atoms with Gasteiger partial charge in [-0.3, -0.25) is 9.59 Å². The zero-order chi connectivity index (χ0) is 23.9. The van der Waals surface area contributed by atoms with Crippen LogP contribution in [0.1, 0.15) is 66.2 Å². The number of nitrogens with two attached hydrogens (primary N) is 1. The van der Waals surface area contributed by atoms with E-state index in [0.717, 1.165) is 37.9 Å². The summed E-state index contributed by atoms with van der Waals surface area (Å²) in [6.07, 6.45) is 4.82. The first-order chi connectivity index (χ1) is 15.0. The Morgan fingerprint density at radius 2 is 1.81 bits per heavy atom. The molecule has 0 aromatic rings. The van der Waals surface area contributed by atoms with Gasteiger partial charge >= 0.3 is 6.09 Å². The van der Waals surface area contributed by atoms with Crippen molar-refractivity contribution in [1.29, 1.82) is 0 Å². The SMILES string of the molecule is COC(=O)N[C@@H](C(=O)N1CCC[C@H]1C(=O)NCC1CCC(N)CC1)C(C)(C)SCC(C)C. The van der Waals surface area contributed by atoms with Gasteiger partial charge in [0.25, 0.3) is 0 Å². The van der Waals surface area contributed by atoms with Crippen LogP contribution in [0, 0.1) is 11.8 Å². The highest BCUT2D eigenvalue weighted by Crippen LogP contribution is 2.32. The molecule has 8 nitrogen and oxygen atoms in total. The van der Waals surface area contributed by atoms with Crippen molar-refractivity contribution in [3.8, 4) is 0 Å². The Balaban J connectivity index is 2.06. The maximum atomic E-state index is 13.6. The number of nitrogens with one attached hydrogen (secondary N) is 2. The smallest absolute Gasteiger partial charge is 0.407 e. The molecular weight excluding hydrogens is 428 g/mol. The highest BCUT2D eigenvalue weighted by Gasteiger charge is 2.44. The number of hydrogen-bond donors (Lipinski definition) is 3. The molecule has 2 atom stereocenters. The van der Waals surface area contributed by atoms with Gasteiger partial charge < -0.3 is 26.0 Å². The first kappa shape index (κ1) is 26.8. The lowest BCUT2D eigenvalue weighted by Crippen LogP contribution is -2.60. The largest absolute Gasteiger partial charge is 0.453 e. The third kappa shape index (κ3) is 7.54. The molecule has 0 bridgehead atoms. The van der Waals surface area contributed by atoms with Crippen molar-refractivity contribution < 1.29 is 19.1 Å². The zero-order valence-corrected chi connectivity index (χ0v) is 21.1. The van der Waals surface area contributed by atoms with Gasteiger partial charge in [-0.2, -0.15) is 11.8 Å². The molecule has 1 saturated carbocycles. The molecule has 2 fully saturated rings. The third-order valence-corrected chi connectivity index (χ3v) is 8.29. The lowest BCUT2D eigenvalue weighted by Gasteiger charge is -2.37. The van der Waals surface area contributed by atoms with Crippen molar-refractivity contribution in [2.24, 2.45) is 17.6 Å². The zero-order valence-electron chi connectivity index (χ0n) is 20.3. The number of thioether (sulfide) groups is 1. The number of ether oxygens (including phenoxy) is 1. The summed E-state index contributed by atoms with van der Waals surface area (Å²) in [7, 11) is 1.29. The van der Waals surface area contributed by atoms with E-state index in [1.54, 1.807) is 16.7 Å². The molecule has 9 heteroatoms. The summed E-state index contributed by atoms with van der Waals surface area (Å²) in [5.41, 5.74) is 5.98. The van der Waals surface area contributed by atoms with Crippen LogP contribution in [0.5, 0.6) is 0 Å². The van der Waals surface area contributed by atoms with E-state index < -0.39 is 22.9 Å².